The Hall–Kier alpha value is -6.25. The lowest BCUT2D eigenvalue weighted by molar-refractivity contribution is 1.25. The van der Waals surface area contributed by atoms with E-state index in [1.54, 1.807) is 0 Å². The van der Waals surface area contributed by atoms with Gasteiger partial charge in [-0.15, -0.1) is 0 Å². The minimum atomic E-state index is 0.0748. The van der Waals surface area contributed by atoms with Gasteiger partial charge in [-0.25, -0.2) is 0 Å². The summed E-state index contributed by atoms with van der Waals surface area (Å²) in [7, 11) is 0. The Bertz CT molecular complexity index is 2780. The molecular formula is C54H46B2N2. The van der Waals surface area contributed by atoms with E-state index in [9.17, 15) is 0 Å². The minimum Gasteiger partial charge on any atom is -0.311 e. The topological polar surface area (TPSA) is 6.48 Å². The highest BCUT2D eigenvalue weighted by molar-refractivity contribution is 7.02. The van der Waals surface area contributed by atoms with E-state index in [0.717, 1.165) is 0 Å². The summed E-state index contributed by atoms with van der Waals surface area (Å²) in [5.74, 6) is 0. The standard InChI is InChI=1S/C54H46B2N2/c1-31(2)51-39-11-9-13-47-53(39)55(43-25-19-35(7)27-41(43)51)45-29-46-50(30-49(45)57(47)37-21-15-33(5)16-22-37)58(38-23-17-34(6)18-24-38)48-14-10-12-40-52(32(3)4)42-28-36(8)20-26-44(42)56(46)54(40)48/h9-30H,1-8H3. The number of nitrogens with zero attached hydrogens (tertiary/aromatic N) is 2. The zero-order valence-corrected chi connectivity index (χ0v) is 34.8. The molecule has 0 fully saturated rings. The van der Waals surface area contributed by atoms with Crippen LogP contribution in [-0.2, 0) is 0 Å². The number of anilines is 6. The summed E-state index contributed by atoms with van der Waals surface area (Å²) in [6, 6.07) is 51.8. The van der Waals surface area contributed by atoms with E-state index < -0.39 is 0 Å². The predicted molar refractivity (Wildman–Crippen MR) is 252 cm³/mol. The molecule has 4 aliphatic heterocycles. The zero-order valence-electron chi connectivity index (χ0n) is 34.8. The van der Waals surface area contributed by atoms with Crippen molar-refractivity contribution in [1.82, 2.24) is 0 Å². The molecule has 4 aliphatic rings. The number of allylic oxidation sites excluding steroid dienone is 2. The summed E-state index contributed by atoms with van der Waals surface area (Å²) < 4.78 is 0. The van der Waals surface area contributed by atoms with Crippen molar-refractivity contribution in [2.75, 3.05) is 9.80 Å². The molecule has 0 bridgehead atoms. The van der Waals surface area contributed by atoms with Crippen molar-refractivity contribution in [3.05, 3.63) is 189 Å². The number of rotatable bonds is 2. The Morgan fingerprint density at radius 3 is 1.16 bits per heavy atom. The molecular weight excluding hydrogens is 698 g/mol. The van der Waals surface area contributed by atoms with Crippen LogP contribution in [0.4, 0.5) is 34.1 Å². The van der Waals surface area contributed by atoms with Gasteiger partial charge in [0.2, 0.25) is 13.4 Å². The molecule has 0 saturated heterocycles. The van der Waals surface area contributed by atoms with Gasteiger partial charge in [0.1, 0.15) is 0 Å². The summed E-state index contributed by atoms with van der Waals surface area (Å²) >= 11 is 0. The lowest BCUT2D eigenvalue weighted by Crippen LogP contribution is -2.65. The van der Waals surface area contributed by atoms with Crippen LogP contribution < -0.4 is 42.6 Å². The van der Waals surface area contributed by atoms with Crippen molar-refractivity contribution in [2.24, 2.45) is 0 Å². The molecule has 0 N–H and O–H groups in total. The SMILES string of the molecule is CC(C)=C1c2cc(C)ccc2B2c3cc4c(cc3N(c3ccc(C)cc3)c3cccc1c32)N(c1ccc(C)cc1)c1cccc2c1B4c1ccc(C)cc1C2=C(C)C. The summed E-state index contributed by atoms with van der Waals surface area (Å²) in [5.41, 5.74) is 31.6. The summed E-state index contributed by atoms with van der Waals surface area (Å²) in [5, 5.41) is 0. The van der Waals surface area contributed by atoms with Crippen molar-refractivity contribution in [3.63, 3.8) is 0 Å². The van der Waals surface area contributed by atoms with E-state index in [-0.39, 0.29) is 13.4 Å². The van der Waals surface area contributed by atoms with E-state index in [2.05, 4.69) is 199 Å². The van der Waals surface area contributed by atoms with Crippen LogP contribution in [0.3, 0.4) is 0 Å². The lowest BCUT2D eigenvalue weighted by Gasteiger charge is -2.45. The molecule has 7 aromatic rings. The zero-order chi connectivity index (χ0) is 39.7. The molecule has 7 aromatic carbocycles. The first-order valence-electron chi connectivity index (χ1n) is 20.8. The quantitative estimate of drug-likeness (QED) is 0.163. The molecule has 0 unspecified atom stereocenters. The normalized spacial score (nSPS) is 14.0. The number of fused-ring (bicyclic) bond motifs is 8. The van der Waals surface area contributed by atoms with Crippen molar-refractivity contribution >= 4 is 91.5 Å². The van der Waals surface area contributed by atoms with Gasteiger partial charge in [0.05, 0.1) is 0 Å². The van der Waals surface area contributed by atoms with Gasteiger partial charge in [0.25, 0.3) is 0 Å². The molecule has 0 atom stereocenters. The fourth-order valence-corrected chi connectivity index (χ4v) is 10.8. The maximum atomic E-state index is 2.64. The van der Waals surface area contributed by atoms with Gasteiger partial charge in [-0.3, -0.25) is 0 Å². The highest BCUT2D eigenvalue weighted by atomic mass is 15.2. The van der Waals surface area contributed by atoms with Gasteiger partial charge in [0, 0.05) is 34.1 Å². The minimum absolute atomic E-state index is 0.0748. The Morgan fingerprint density at radius 1 is 0.362 bits per heavy atom. The highest BCUT2D eigenvalue weighted by Crippen LogP contribution is 2.46. The van der Waals surface area contributed by atoms with Crippen LogP contribution in [0.25, 0.3) is 11.1 Å². The average molecular weight is 745 g/mol. The fourth-order valence-electron chi connectivity index (χ4n) is 10.8. The van der Waals surface area contributed by atoms with E-state index in [4.69, 9.17) is 0 Å². The Kier molecular flexibility index (Phi) is 7.61. The van der Waals surface area contributed by atoms with Crippen molar-refractivity contribution in [2.45, 2.75) is 55.4 Å². The first-order valence-corrected chi connectivity index (χ1v) is 20.8. The number of aryl methyl sites for hydroxylation is 4. The molecule has 4 heteroatoms. The van der Waals surface area contributed by atoms with Gasteiger partial charge in [-0.2, -0.15) is 0 Å². The Balaban J connectivity index is 1.29. The third-order valence-corrected chi connectivity index (χ3v) is 13.2. The summed E-state index contributed by atoms with van der Waals surface area (Å²) in [4.78, 5) is 5.12. The van der Waals surface area contributed by atoms with E-state index in [1.165, 1.54) is 134 Å². The molecule has 58 heavy (non-hydrogen) atoms. The lowest BCUT2D eigenvalue weighted by atomic mass is 9.28. The third kappa shape index (κ3) is 4.87. The van der Waals surface area contributed by atoms with Crippen LogP contribution in [0.1, 0.15) is 72.2 Å². The molecule has 0 saturated carbocycles. The van der Waals surface area contributed by atoms with Crippen molar-refractivity contribution in [3.8, 4) is 0 Å². The summed E-state index contributed by atoms with van der Waals surface area (Å²) in [6.07, 6.45) is 0. The molecule has 4 heterocycles. The third-order valence-electron chi connectivity index (χ3n) is 13.2. The monoisotopic (exact) mass is 744 g/mol. The molecule has 278 valence electrons. The van der Waals surface area contributed by atoms with Crippen molar-refractivity contribution < 1.29 is 0 Å². The summed E-state index contributed by atoms with van der Waals surface area (Å²) in [6.45, 7) is 18.1. The van der Waals surface area contributed by atoms with Crippen LogP contribution in [0, 0.1) is 27.7 Å². The van der Waals surface area contributed by atoms with Gasteiger partial charge in [-0.1, -0.05) is 135 Å². The van der Waals surface area contributed by atoms with E-state index >= 15 is 0 Å². The Morgan fingerprint density at radius 2 is 0.759 bits per heavy atom. The van der Waals surface area contributed by atoms with Crippen LogP contribution >= 0.6 is 0 Å². The van der Waals surface area contributed by atoms with Gasteiger partial charge in [-0.05, 0) is 153 Å². The predicted octanol–water partition coefficient (Wildman–Crippen LogP) is 9.83. The Labute approximate surface area is 344 Å². The maximum Gasteiger partial charge on any atom is 0.248 e. The smallest absolute Gasteiger partial charge is 0.248 e. The van der Waals surface area contributed by atoms with Crippen LogP contribution in [0.5, 0.6) is 0 Å². The first-order chi connectivity index (χ1) is 28.1. The molecule has 2 nitrogen and oxygen atoms in total. The number of hydrogen-bond acceptors (Lipinski definition) is 2. The highest BCUT2D eigenvalue weighted by Gasteiger charge is 2.47. The molecule has 0 spiro atoms. The maximum absolute atomic E-state index is 2.64. The second-order valence-corrected chi connectivity index (χ2v) is 17.6. The second kappa shape index (κ2) is 12.6. The first kappa shape index (κ1) is 35.0. The fraction of sp³-hybridized carbons (Fsp3) is 0.148. The molecule has 0 aromatic heterocycles. The van der Waals surface area contributed by atoms with E-state index in [0.29, 0.717) is 0 Å². The molecule has 0 radical (unpaired) electrons. The van der Waals surface area contributed by atoms with Crippen molar-refractivity contribution in [1.29, 1.82) is 0 Å². The van der Waals surface area contributed by atoms with Gasteiger partial charge in [0.15, 0.2) is 0 Å². The second-order valence-electron chi connectivity index (χ2n) is 17.6. The molecule has 11 rings (SSSR count). The molecule has 0 aliphatic carbocycles. The van der Waals surface area contributed by atoms with Crippen LogP contribution in [0.15, 0.2) is 145 Å². The molecule has 0 amide bonds. The van der Waals surface area contributed by atoms with Crippen LogP contribution in [-0.4, -0.2) is 13.4 Å². The van der Waals surface area contributed by atoms with Crippen LogP contribution in [0.2, 0.25) is 0 Å². The largest absolute Gasteiger partial charge is 0.311 e. The average Bonchev–Trinajstić information content (AvgIpc) is 3.20. The van der Waals surface area contributed by atoms with Gasteiger partial charge >= 0.3 is 0 Å². The van der Waals surface area contributed by atoms with Gasteiger partial charge < -0.3 is 9.80 Å². The van der Waals surface area contributed by atoms with E-state index in [1.807, 2.05) is 0 Å². The number of hydrogen-bond donors (Lipinski definition) is 0. The number of benzene rings is 7.